The number of nitrogens with two attached hydrogens (primary N) is 1. The molecule has 0 saturated heterocycles. The highest BCUT2D eigenvalue weighted by Gasteiger charge is 2.09. The summed E-state index contributed by atoms with van der Waals surface area (Å²) in [5.74, 6) is 1.31. The summed E-state index contributed by atoms with van der Waals surface area (Å²) >= 11 is 0. The average molecular weight is 298 g/mol. The molecule has 0 heterocycles. The minimum Gasteiger partial charge on any atom is -0.455 e. The molecule has 0 spiro atoms. The molecule has 4 nitrogen and oxygen atoms in total. The van der Waals surface area contributed by atoms with Gasteiger partial charge in [-0.05, 0) is 44.5 Å². The molecule has 1 amide bonds. The van der Waals surface area contributed by atoms with E-state index in [1.807, 2.05) is 62.4 Å². The zero-order valence-electron chi connectivity index (χ0n) is 13.0. The molecule has 0 radical (unpaired) electrons. The van der Waals surface area contributed by atoms with Crippen LogP contribution in [0.3, 0.4) is 0 Å². The number of amides is 1. The number of rotatable bonds is 6. The Hall–Kier alpha value is -2.33. The molecule has 0 aliphatic carbocycles. The van der Waals surface area contributed by atoms with Crippen molar-refractivity contribution in [1.29, 1.82) is 0 Å². The number of carbonyl (C=O) groups is 1. The number of para-hydroxylation sites is 2. The van der Waals surface area contributed by atoms with Gasteiger partial charge in [0.2, 0.25) is 5.91 Å². The van der Waals surface area contributed by atoms with Crippen LogP contribution in [-0.4, -0.2) is 11.9 Å². The Balaban J connectivity index is 2.06. The zero-order valence-corrected chi connectivity index (χ0v) is 13.0. The van der Waals surface area contributed by atoms with Crippen LogP contribution in [0.2, 0.25) is 0 Å². The van der Waals surface area contributed by atoms with E-state index >= 15 is 0 Å². The van der Waals surface area contributed by atoms with Crippen molar-refractivity contribution < 1.29 is 9.53 Å². The van der Waals surface area contributed by atoms with Crippen LogP contribution in [0.1, 0.15) is 25.3 Å². The van der Waals surface area contributed by atoms with E-state index in [1.54, 1.807) is 0 Å². The van der Waals surface area contributed by atoms with E-state index in [2.05, 4.69) is 5.32 Å². The minimum atomic E-state index is -0.0581. The molecule has 2 rings (SSSR count). The third-order valence-electron chi connectivity index (χ3n) is 3.24. The first-order chi connectivity index (χ1) is 10.5. The summed E-state index contributed by atoms with van der Waals surface area (Å²) in [4.78, 5) is 11.9. The molecular formula is C18H22N2O2. The van der Waals surface area contributed by atoms with Crippen molar-refractivity contribution in [3.63, 3.8) is 0 Å². The van der Waals surface area contributed by atoms with E-state index in [-0.39, 0.29) is 11.9 Å². The van der Waals surface area contributed by atoms with E-state index in [0.717, 1.165) is 5.75 Å². The van der Waals surface area contributed by atoms with Crippen LogP contribution in [0.4, 0.5) is 5.69 Å². The second-order valence-corrected chi connectivity index (χ2v) is 5.48. The molecule has 2 aromatic carbocycles. The predicted octanol–water partition coefficient (Wildman–Crippen LogP) is 3.85. The van der Waals surface area contributed by atoms with E-state index < -0.39 is 0 Å². The summed E-state index contributed by atoms with van der Waals surface area (Å²) in [5.41, 5.74) is 7.51. The fourth-order valence-corrected chi connectivity index (χ4v) is 1.96. The second kappa shape index (κ2) is 7.61. The van der Waals surface area contributed by atoms with Gasteiger partial charge in [-0.2, -0.15) is 0 Å². The summed E-state index contributed by atoms with van der Waals surface area (Å²) in [6.45, 7) is 3.91. The van der Waals surface area contributed by atoms with Gasteiger partial charge in [0.15, 0.2) is 5.75 Å². The molecule has 0 aromatic heterocycles. The molecule has 0 aliphatic rings. The maximum Gasteiger partial charge on any atom is 0.224 e. The van der Waals surface area contributed by atoms with Gasteiger partial charge in [0.05, 0.1) is 5.69 Å². The van der Waals surface area contributed by atoms with Gasteiger partial charge >= 0.3 is 0 Å². The third kappa shape index (κ3) is 4.90. The van der Waals surface area contributed by atoms with Crippen molar-refractivity contribution in [3.05, 3.63) is 54.1 Å². The van der Waals surface area contributed by atoms with Crippen LogP contribution in [0, 0.1) is 6.92 Å². The number of benzene rings is 2. The Morgan fingerprint density at radius 2 is 1.86 bits per heavy atom. The predicted molar refractivity (Wildman–Crippen MR) is 89.2 cm³/mol. The molecule has 0 saturated carbocycles. The van der Waals surface area contributed by atoms with E-state index in [1.165, 1.54) is 5.56 Å². The van der Waals surface area contributed by atoms with E-state index in [9.17, 15) is 4.79 Å². The number of hydrogen-bond acceptors (Lipinski definition) is 3. The lowest BCUT2D eigenvalue weighted by molar-refractivity contribution is -0.116. The highest BCUT2D eigenvalue weighted by molar-refractivity contribution is 5.92. The molecule has 22 heavy (non-hydrogen) atoms. The van der Waals surface area contributed by atoms with Gasteiger partial charge in [0.1, 0.15) is 5.75 Å². The number of nitrogens with one attached hydrogen (secondary N) is 1. The molecule has 3 N–H and O–H groups in total. The van der Waals surface area contributed by atoms with Gasteiger partial charge in [0, 0.05) is 12.5 Å². The van der Waals surface area contributed by atoms with Crippen LogP contribution in [0.15, 0.2) is 48.5 Å². The van der Waals surface area contributed by atoms with Crippen LogP contribution in [-0.2, 0) is 4.79 Å². The second-order valence-electron chi connectivity index (χ2n) is 5.48. The normalized spacial score (nSPS) is 11.8. The van der Waals surface area contributed by atoms with Crippen molar-refractivity contribution in [3.8, 4) is 11.5 Å². The highest BCUT2D eigenvalue weighted by atomic mass is 16.5. The minimum absolute atomic E-state index is 0.0183. The standard InChI is InChI=1S/C18H22N2O2/c1-13-7-10-15(11-8-13)22-17-6-4-3-5-16(17)20-18(21)12-9-14(2)19/h3-8,10-11,14H,9,12,19H2,1-2H3,(H,20,21). The average Bonchev–Trinajstić information content (AvgIpc) is 2.49. The van der Waals surface area contributed by atoms with E-state index in [4.69, 9.17) is 10.5 Å². The maximum absolute atomic E-state index is 11.9. The summed E-state index contributed by atoms with van der Waals surface area (Å²) < 4.78 is 5.85. The lowest BCUT2D eigenvalue weighted by Crippen LogP contribution is -2.19. The van der Waals surface area contributed by atoms with Gasteiger partial charge < -0.3 is 15.8 Å². The van der Waals surface area contributed by atoms with Gasteiger partial charge in [-0.1, -0.05) is 29.8 Å². The maximum atomic E-state index is 11.9. The Bertz CT molecular complexity index is 621. The van der Waals surface area contributed by atoms with Crippen molar-refractivity contribution >= 4 is 11.6 Å². The fourth-order valence-electron chi connectivity index (χ4n) is 1.96. The van der Waals surface area contributed by atoms with Gasteiger partial charge in [-0.25, -0.2) is 0 Å². The monoisotopic (exact) mass is 298 g/mol. The van der Waals surface area contributed by atoms with Crippen molar-refractivity contribution in [2.24, 2.45) is 5.73 Å². The largest absolute Gasteiger partial charge is 0.455 e. The molecule has 1 unspecified atom stereocenters. The number of ether oxygens (including phenoxy) is 1. The number of anilines is 1. The molecule has 0 fully saturated rings. The number of carbonyl (C=O) groups excluding carboxylic acids is 1. The number of aryl methyl sites for hydroxylation is 1. The van der Waals surface area contributed by atoms with Crippen molar-refractivity contribution in [2.45, 2.75) is 32.7 Å². The first kappa shape index (κ1) is 16.0. The molecular weight excluding hydrogens is 276 g/mol. The Kier molecular flexibility index (Phi) is 5.55. The smallest absolute Gasteiger partial charge is 0.224 e. The first-order valence-electron chi connectivity index (χ1n) is 7.43. The quantitative estimate of drug-likeness (QED) is 0.851. The van der Waals surface area contributed by atoms with Gasteiger partial charge in [-0.3, -0.25) is 4.79 Å². The van der Waals surface area contributed by atoms with Crippen LogP contribution in [0.25, 0.3) is 0 Å². The Morgan fingerprint density at radius 1 is 1.18 bits per heavy atom. The first-order valence-corrected chi connectivity index (χ1v) is 7.43. The summed E-state index contributed by atoms with van der Waals surface area (Å²) in [7, 11) is 0. The fraction of sp³-hybridized carbons (Fsp3) is 0.278. The topological polar surface area (TPSA) is 64.3 Å². The van der Waals surface area contributed by atoms with Crippen LogP contribution in [0.5, 0.6) is 11.5 Å². The van der Waals surface area contributed by atoms with Crippen molar-refractivity contribution in [2.75, 3.05) is 5.32 Å². The molecule has 4 heteroatoms. The zero-order chi connectivity index (χ0) is 15.9. The molecule has 1 atom stereocenters. The van der Waals surface area contributed by atoms with Crippen molar-refractivity contribution in [1.82, 2.24) is 0 Å². The highest BCUT2D eigenvalue weighted by Crippen LogP contribution is 2.29. The Labute approximate surface area is 131 Å². The van der Waals surface area contributed by atoms with Gasteiger partial charge in [0.25, 0.3) is 0 Å². The molecule has 116 valence electrons. The van der Waals surface area contributed by atoms with Crippen LogP contribution >= 0.6 is 0 Å². The lowest BCUT2D eigenvalue weighted by atomic mass is 10.2. The molecule has 2 aromatic rings. The lowest BCUT2D eigenvalue weighted by Gasteiger charge is -2.12. The summed E-state index contributed by atoms with van der Waals surface area (Å²) in [5, 5.41) is 2.88. The SMILES string of the molecule is Cc1ccc(Oc2ccccc2NC(=O)CCC(C)N)cc1. The molecule has 0 aliphatic heterocycles. The third-order valence-corrected chi connectivity index (χ3v) is 3.24. The number of hydrogen-bond donors (Lipinski definition) is 2. The van der Waals surface area contributed by atoms with Crippen LogP contribution < -0.4 is 15.8 Å². The summed E-state index contributed by atoms with van der Waals surface area (Å²) in [6.07, 6.45) is 1.06. The Morgan fingerprint density at radius 3 is 2.55 bits per heavy atom. The summed E-state index contributed by atoms with van der Waals surface area (Å²) in [6, 6.07) is 15.2. The van der Waals surface area contributed by atoms with Gasteiger partial charge in [-0.15, -0.1) is 0 Å². The molecule has 0 bridgehead atoms. The van der Waals surface area contributed by atoms with E-state index in [0.29, 0.717) is 24.3 Å².